The van der Waals surface area contributed by atoms with Gasteiger partial charge in [-0.25, -0.2) is 19.4 Å². The van der Waals surface area contributed by atoms with Gasteiger partial charge in [0.2, 0.25) is 0 Å². The van der Waals surface area contributed by atoms with Crippen molar-refractivity contribution in [2.45, 2.75) is 32.6 Å². The summed E-state index contributed by atoms with van der Waals surface area (Å²) in [7, 11) is 1.62. The van der Waals surface area contributed by atoms with Gasteiger partial charge >= 0.3 is 0 Å². The Hall–Kier alpha value is -4.70. The number of ether oxygens (including phenoxy) is 2. The van der Waals surface area contributed by atoms with Gasteiger partial charge in [-0.05, 0) is 50.4 Å². The van der Waals surface area contributed by atoms with Crippen LogP contribution in [0.15, 0.2) is 82.6 Å². The van der Waals surface area contributed by atoms with Crippen molar-refractivity contribution in [2.24, 2.45) is 4.99 Å². The van der Waals surface area contributed by atoms with Crippen molar-refractivity contribution in [1.29, 1.82) is 5.41 Å². The highest BCUT2D eigenvalue weighted by Crippen LogP contribution is 2.32. The monoisotopic (exact) mass is 528 g/mol. The Kier molecular flexibility index (Phi) is 8.57. The first kappa shape index (κ1) is 27.3. The molecule has 0 fully saturated rings. The predicted octanol–water partition coefficient (Wildman–Crippen LogP) is 5.60. The highest BCUT2D eigenvalue weighted by Gasteiger charge is 2.27. The van der Waals surface area contributed by atoms with Crippen molar-refractivity contribution in [2.75, 3.05) is 7.11 Å². The molecule has 4 aromatic rings. The molecule has 0 aliphatic carbocycles. The lowest BCUT2D eigenvalue weighted by atomic mass is 10.00. The molecule has 4 rings (SSSR count). The number of nitrogens with zero attached hydrogens (tertiary/aromatic N) is 4. The Balaban J connectivity index is 1.53. The SMILES string of the molecule is C=Nc1nc(C(=N)/C=C(\NCc2ccccc2F)c2ccon2)ncc1C(C)(C)OCc1ccc(OC)cc1. The number of hydrogen-bond acceptors (Lipinski definition) is 9. The van der Waals surface area contributed by atoms with Gasteiger partial charge < -0.3 is 19.3 Å². The van der Waals surface area contributed by atoms with E-state index in [1.807, 2.05) is 38.1 Å². The second kappa shape index (κ2) is 12.2. The number of halogens is 1. The molecule has 10 heteroatoms. The van der Waals surface area contributed by atoms with E-state index in [1.165, 1.54) is 18.4 Å². The number of aromatic nitrogens is 3. The summed E-state index contributed by atoms with van der Waals surface area (Å²) < 4.78 is 30.5. The summed E-state index contributed by atoms with van der Waals surface area (Å²) in [6.07, 6.45) is 4.51. The van der Waals surface area contributed by atoms with E-state index in [9.17, 15) is 4.39 Å². The summed E-state index contributed by atoms with van der Waals surface area (Å²) in [5, 5.41) is 15.7. The van der Waals surface area contributed by atoms with Crippen molar-refractivity contribution in [3.63, 3.8) is 0 Å². The normalized spacial score (nSPS) is 11.7. The second-order valence-corrected chi connectivity index (χ2v) is 9.04. The molecule has 9 nitrogen and oxygen atoms in total. The van der Waals surface area contributed by atoms with E-state index in [0.29, 0.717) is 34.9 Å². The molecule has 0 atom stereocenters. The van der Waals surface area contributed by atoms with Gasteiger partial charge in [0, 0.05) is 29.9 Å². The standard InChI is InChI=1S/C29H29FN6O3/c1-29(2,38-18-19-9-11-21(37-4)12-10-19)22-17-34-28(35-27(22)32-3)24(31)15-26(25-13-14-39-36-25)33-16-20-7-5-6-8-23(20)30/h5-15,17,31,33H,3,16,18H2,1-2,4H3/b26-15-,31-24?. The van der Waals surface area contributed by atoms with Crippen molar-refractivity contribution in [3.05, 3.63) is 107 Å². The molecule has 0 amide bonds. The summed E-state index contributed by atoms with van der Waals surface area (Å²) >= 11 is 0. The van der Waals surface area contributed by atoms with Crippen LogP contribution in [-0.2, 0) is 23.5 Å². The third-order valence-corrected chi connectivity index (χ3v) is 6.00. The second-order valence-electron chi connectivity index (χ2n) is 9.04. The van der Waals surface area contributed by atoms with Crippen LogP contribution in [-0.4, -0.2) is 34.7 Å². The summed E-state index contributed by atoms with van der Waals surface area (Å²) in [6.45, 7) is 7.96. The topological polar surface area (TPSA) is 119 Å². The zero-order valence-corrected chi connectivity index (χ0v) is 21.9. The molecule has 0 aliphatic heterocycles. The third-order valence-electron chi connectivity index (χ3n) is 6.00. The Morgan fingerprint density at radius 3 is 2.62 bits per heavy atom. The third kappa shape index (κ3) is 6.79. The van der Waals surface area contributed by atoms with E-state index in [2.05, 4.69) is 32.2 Å². The minimum absolute atomic E-state index is 0.0116. The molecule has 39 heavy (non-hydrogen) atoms. The first-order chi connectivity index (χ1) is 18.8. The van der Waals surface area contributed by atoms with Gasteiger partial charge in [0.25, 0.3) is 0 Å². The molecular formula is C29H29FN6O3. The average Bonchev–Trinajstić information content (AvgIpc) is 3.50. The summed E-state index contributed by atoms with van der Waals surface area (Å²) in [5.41, 5.74) is 2.16. The van der Waals surface area contributed by atoms with Crippen molar-refractivity contribution in [3.8, 4) is 5.75 Å². The maximum Gasteiger partial charge on any atom is 0.179 e. The molecule has 0 saturated heterocycles. The largest absolute Gasteiger partial charge is 0.497 e. The molecule has 2 heterocycles. The number of nitrogens with one attached hydrogen (secondary N) is 2. The first-order valence-electron chi connectivity index (χ1n) is 12.1. The van der Waals surface area contributed by atoms with Gasteiger partial charge in [-0.3, -0.25) is 5.41 Å². The number of hydrogen-bond donors (Lipinski definition) is 2. The fraction of sp³-hybridized carbons (Fsp3) is 0.207. The molecule has 0 spiro atoms. The van der Waals surface area contributed by atoms with Crippen LogP contribution in [0.25, 0.3) is 5.70 Å². The molecule has 0 saturated carbocycles. The smallest absolute Gasteiger partial charge is 0.179 e. The molecule has 2 aromatic carbocycles. The number of aliphatic imine (C=N–C) groups is 1. The van der Waals surface area contributed by atoms with E-state index >= 15 is 0 Å². The summed E-state index contributed by atoms with van der Waals surface area (Å²) in [5.74, 6) is 0.865. The van der Waals surface area contributed by atoms with Gasteiger partial charge in [-0.2, -0.15) is 0 Å². The van der Waals surface area contributed by atoms with Crippen molar-refractivity contribution < 1.29 is 18.4 Å². The fourth-order valence-electron chi connectivity index (χ4n) is 3.72. The Labute approximate surface area is 225 Å². The highest BCUT2D eigenvalue weighted by atomic mass is 19.1. The molecular weight excluding hydrogens is 499 g/mol. The van der Waals surface area contributed by atoms with E-state index in [1.54, 1.807) is 37.6 Å². The Morgan fingerprint density at radius 1 is 1.18 bits per heavy atom. The quantitative estimate of drug-likeness (QED) is 0.230. The van der Waals surface area contributed by atoms with Gasteiger partial charge in [0.05, 0.1) is 25.0 Å². The zero-order chi connectivity index (χ0) is 27.8. The highest BCUT2D eigenvalue weighted by molar-refractivity contribution is 6.07. The predicted molar refractivity (Wildman–Crippen MR) is 147 cm³/mol. The maximum absolute atomic E-state index is 14.1. The zero-order valence-electron chi connectivity index (χ0n) is 21.9. The maximum atomic E-state index is 14.1. The van der Waals surface area contributed by atoms with Crippen LogP contribution in [0.5, 0.6) is 5.75 Å². The number of rotatable bonds is 12. The average molecular weight is 529 g/mol. The summed E-state index contributed by atoms with van der Waals surface area (Å²) in [4.78, 5) is 12.9. The number of allylic oxidation sites excluding steroid dienone is 1. The van der Waals surface area contributed by atoms with E-state index < -0.39 is 5.60 Å². The number of methoxy groups -OCH3 is 1. The van der Waals surface area contributed by atoms with Gasteiger partial charge in [-0.1, -0.05) is 35.5 Å². The van der Waals surface area contributed by atoms with Crippen LogP contribution in [0.4, 0.5) is 10.2 Å². The van der Waals surface area contributed by atoms with Crippen LogP contribution in [0.3, 0.4) is 0 Å². The van der Waals surface area contributed by atoms with Crippen LogP contribution >= 0.6 is 0 Å². The van der Waals surface area contributed by atoms with E-state index in [0.717, 1.165) is 11.3 Å². The Bertz CT molecular complexity index is 1470. The van der Waals surface area contributed by atoms with Gasteiger partial charge in [0.1, 0.15) is 29.2 Å². The van der Waals surface area contributed by atoms with E-state index in [4.69, 9.17) is 19.4 Å². The first-order valence-corrected chi connectivity index (χ1v) is 12.1. The van der Waals surface area contributed by atoms with Gasteiger partial charge in [0.15, 0.2) is 11.6 Å². The molecule has 2 aromatic heterocycles. The molecule has 2 N–H and O–H groups in total. The summed E-state index contributed by atoms with van der Waals surface area (Å²) in [6, 6.07) is 15.7. The van der Waals surface area contributed by atoms with Crippen LogP contribution in [0.2, 0.25) is 0 Å². The Morgan fingerprint density at radius 2 is 1.95 bits per heavy atom. The van der Waals surface area contributed by atoms with Crippen LogP contribution < -0.4 is 10.1 Å². The van der Waals surface area contributed by atoms with Crippen molar-refractivity contribution >= 4 is 23.9 Å². The lowest BCUT2D eigenvalue weighted by Crippen LogP contribution is -2.23. The van der Waals surface area contributed by atoms with Crippen LogP contribution in [0, 0.1) is 11.2 Å². The lowest BCUT2D eigenvalue weighted by molar-refractivity contribution is -0.0336. The minimum atomic E-state index is -0.791. The number of benzene rings is 2. The van der Waals surface area contributed by atoms with Crippen molar-refractivity contribution in [1.82, 2.24) is 20.4 Å². The minimum Gasteiger partial charge on any atom is -0.497 e. The molecule has 0 radical (unpaired) electrons. The van der Waals surface area contributed by atoms with Crippen LogP contribution in [0.1, 0.15) is 42.1 Å². The van der Waals surface area contributed by atoms with E-state index in [-0.39, 0.29) is 23.9 Å². The molecule has 0 bridgehead atoms. The lowest BCUT2D eigenvalue weighted by Gasteiger charge is -2.26. The molecule has 200 valence electrons. The van der Waals surface area contributed by atoms with Gasteiger partial charge in [-0.15, -0.1) is 0 Å². The molecule has 0 aliphatic rings. The molecule has 0 unspecified atom stereocenters. The fourth-order valence-corrected chi connectivity index (χ4v) is 3.72.